The molecular weight excluding hydrogens is 375 g/mol. The lowest BCUT2D eigenvalue weighted by atomic mass is 10.2. The van der Waals surface area contributed by atoms with E-state index in [4.69, 9.17) is 4.74 Å². The summed E-state index contributed by atoms with van der Waals surface area (Å²) in [5, 5.41) is 2.49. The van der Waals surface area contributed by atoms with E-state index in [1.807, 2.05) is 0 Å². The second-order valence-corrected chi connectivity index (χ2v) is 8.01. The highest BCUT2D eigenvalue weighted by atomic mass is 32.2. The standard InChI is InChI=1S/C18H19FN2O5S/c1-12(26-18(23)13-6-4-7-14(19)10-13)17(22)20-15-8-5-9-16(11-15)27(24,25)21(2)3/h4-12H,1-3H3,(H,20,22)/t12-/m0/s1. The first-order valence-electron chi connectivity index (χ1n) is 7.91. The van der Waals surface area contributed by atoms with Crippen molar-refractivity contribution in [3.63, 3.8) is 0 Å². The van der Waals surface area contributed by atoms with Gasteiger partial charge in [0.05, 0.1) is 10.5 Å². The predicted octanol–water partition coefficient (Wildman–Crippen LogP) is 2.26. The number of rotatable bonds is 6. The SMILES string of the molecule is C[C@H](OC(=O)c1cccc(F)c1)C(=O)Nc1cccc(S(=O)(=O)N(C)C)c1. The normalized spacial score (nSPS) is 12.5. The molecule has 9 heteroatoms. The van der Waals surface area contributed by atoms with Crippen molar-refractivity contribution < 1.29 is 27.1 Å². The van der Waals surface area contributed by atoms with E-state index < -0.39 is 33.8 Å². The molecule has 0 saturated carbocycles. The highest BCUT2D eigenvalue weighted by Crippen LogP contribution is 2.18. The van der Waals surface area contributed by atoms with Crippen molar-refractivity contribution in [1.82, 2.24) is 4.31 Å². The summed E-state index contributed by atoms with van der Waals surface area (Å²) >= 11 is 0. The van der Waals surface area contributed by atoms with Crippen LogP contribution in [0.25, 0.3) is 0 Å². The van der Waals surface area contributed by atoms with Gasteiger partial charge in [0.1, 0.15) is 5.82 Å². The molecule has 0 aliphatic carbocycles. The number of nitrogens with zero attached hydrogens (tertiary/aromatic N) is 1. The molecule has 0 heterocycles. The lowest BCUT2D eigenvalue weighted by Crippen LogP contribution is -2.30. The van der Waals surface area contributed by atoms with E-state index >= 15 is 0 Å². The van der Waals surface area contributed by atoms with E-state index in [0.717, 1.165) is 10.4 Å². The number of ether oxygens (including phenoxy) is 1. The number of hydrogen-bond donors (Lipinski definition) is 1. The summed E-state index contributed by atoms with van der Waals surface area (Å²) in [6, 6.07) is 10.6. The molecule has 144 valence electrons. The zero-order valence-electron chi connectivity index (χ0n) is 15.0. The first-order chi connectivity index (χ1) is 12.6. The van der Waals surface area contributed by atoms with Crippen LogP contribution >= 0.6 is 0 Å². The highest BCUT2D eigenvalue weighted by Gasteiger charge is 2.21. The molecular formula is C18H19FN2O5S. The fraction of sp³-hybridized carbons (Fsp3) is 0.222. The van der Waals surface area contributed by atoms with Crippen LogP contribution in [0.15, 0.2) is 53.4 Å². The molecule has 1 N–H and O–H groups in total. The molecule has 2 rings (SSSR count). The predicted molar refractivity (Wildman–Crippen MR) is 97.2 cm³/mol. The van der Waals surface area contributed by atoms with Gasteiger partial charge in [0.2, 0.25) is 10.0 Å². The van der Waals surface area contributed by atoms with Gasteiger partial charge >= 0.3 is 5.97 Å². The average Bonchev–Trinajstić information content (AvgIpc) is 2.61. The number of nitrogens with one attached hydrogen (secondary N) is 1. The second-order valence-electron chi connectivity index (χ2n) is 5.86. The van der Waals surface area contributed by atoms with Gasteiger partial charge in [0, 0.05) is 19.8 Å². The van der Waals surface area contributed by atoms with Gasteiger partial charge in [-0.3, -0.25) is 4.79 Å². The monoisotopic (exact) mass is 394 g/mol. The minimum Gasteiger partial charge on any atom is -0.449 e. The van der Waals surface area contributed by atoms with Gasteiger partial charge in [-0.2, -0.15) is 0 Å². The molecule has 1 atom stereocenters. The fourth-order valence-electron chi connectivity index (χ4n) is 2.09. The van der Waals surface area contributed by atoms with E-state index in [-0.39, 0.29) is 16.1 Å². The highest BCUT2D eigenvalue weighted by molar-refractivity contribution is 7.89. The molecule has 2 aromatic rings. The Hall–Kier alpha value is -2.78. The maximum Gasteiger partial charge on any atom is 0.339 e. The van der Waals surface area contributed by atoms with Crippen LogP contribution in [0.2, 0.25) is 0 Å². The van der Waals surface area contributed by atoms with Crippen molar-refractivity contribution in [1.29, 1.82) is 0 Å². The molecule has 0 aromatic heterocycles. The Balaban J connectivity index is 2.07. The quantitative estimate of drug-likeness (QED) is 0.759. The van der Waals surface area contributed by atoms with Gasteiger partial charge in [-0.05, 0) is 43.3 Å². The number of hydrogen-bond acceptors (Lipinski definition) is 5. The van der Waals surface area contributed by atoms with Crippen molar-refractivity contribution in [2.45, 2.75) is 17.9 Å². The fourth-order valence-corrected chi connectivity index (χ4v) is 3.03. The van der Waals surface area contributed by atoms with Crippen LogP contribution in [0.5, 0.6) is 0 Å². The van der Waals surface area contributed by atoms with E-state index in [1.165, 1.54) is 63.5 Å². The Kier molecular flexibility index (Phi) is 6.29. The van der Waals surface area contributed by atoms with Gasteiger partial charge in [0.15, 0.2) is 6.10 Å². The number of amides is 1. The zero-order chi connectivity index (χ0) is 20.2. The summed E-state index contributed by atoms with van der Waals surface area (Å²) in [5.41, 5.74) is 0.213. The lowest BCUT2D eigenvalue weighted by Gasteiger charge is -2.15. The van der Waals surface area contributed by atoms with Crippen molar-refractivity contribution >= 4 is 27.6 Å². The van der Waals surface area contributed by atoms with Crippen LogP contribution in [0.1, 0.15) is 17.3 Å². The van der Waals surface area contributed by atoms with E-state index in [9.17, 15) is 22.4 Å². The molecule has 7 nitrogen and oxygen atoms in total. The minimum absolute atomic E-state index is 0.00899. The maximum absolute atomic E-state index is 13.2. The first-order valence-corrected chi connectivity index (χ1v) is 9.35. The summed E-state index contributed by atoms with van der Waals surface area (Å²) in [7, 11) is -0.859. The number of esters is 1. The van der Waals surface area contributed by atoms with Crippen molar-refractivity contribution in [3.05, 3.63) is 59.9 Å². The Morgan fingerprint density at radius 1 is 1.11 bits per heavy atom. The van der Waals surface area contributed by atoms with E-state index in [0.29, 0.717) is 0 Å². The largest absolute Gasteiger partial charge is 0.449 e. The molecule has 1 amide bonds. The lowest BCUT2D eigenvalue weighted by molar-refractivity contribution is -0.123. The molecule has 2 aromatic carbocycles. The molecule has 0 aliphatic rings. The number of anilines is 1. The van der Waals surface area contributed by atoms with Crippen LogP contribution in [-0.2, 0) is 19.6 Å². The maximum atomic E-state index is 13.2. The van der Waals surface area contributed by atoms with Crippen LogP contribution < -0.4 is 5.32 Å². The number of benzene rings is 2. The van der Waals surface area contributed by atoms with Gasteiger partial charge in [-0.15, -0.1) is 0 Å². The van der Waals surface area contributed by atoms with Crippen LogP contribution in [0.3, 0.4) is 0 Å². The minimum atomic E-state index is -3.65. The molecule has 27 heavy (non-hydrogen) atoms. The molecule has 0 bridgehead atoms. The van der Waals surface area contributed by atoms with E-state index in [1.54, 1.807) is 0 Å². The van der Waals surface area contributed by atoms with Gasteiger partial charge in [-0.1, -0.05) is 12.1 Å². The van der Waals surface area contributed by atoms with Gasteiger partial charge in [0.25, 0.3) is 5.91 Å². The Morgan fingerprint density at radius 3 is 2.41 bits per heavy atom. The topological polar surface area (TPSA) is 92.8 Å². The summed E-state index contributed by atoms with van der Waals surface area (Å²) in [6.45, 7) is 1.35. The van der Waals surface area contributed by atoms with E-state index in [2.05, 4.69) is 5.32 Å². The van der Waals surface area contributed by atoms with Crippen LogP contribution in [0.4, 0.5) is 10.1 Å². The molecule has 0 aliphatic heterocycles. The summed E-state index contributed by atoms with van der Waals surface area (Å²) in [6.07, 6.45) is -1.17. The van der Waals surface area contributed by atoms with Crippen molar-refractivity contribution in [3.8, 4) is 0 Å². The zero-order valence-corrected chi connectivity index (χ0v) is 15.8. The van der Waals surface area contributed by atoms with Crippen molar-refractivity contribution in [2.24, 2.45) is 0 Å². The Bertz CT molecular complexity index is 960. The summed E-state index contributed by atoms with van der Waals surface area (Å²) in [4.78, 5) is 24.2. The van der Waals surface area contributed by atoms with Gasteiger partial charge < -0.3 is 10.1 Å². The number of halogens is 1. The number of carbonyl (C=O) groups excluding carboxylic acids is 2. The molecule has 0 radical (unpaired) electrons. The third kappa shape index (κ3) is 5.11. The number of carbonyl (C=O) groups is 2. The third-order valence-corrected chi connectivity index (χ3v) is 5.40. The average molecular weight is 394 g/mol. The molecule has 0 fully saturated rings. The third-order valence-electron chi connectivity index (χ3n) is 3.59. The molecule has 0 saturated heterocycles. The smallest absolute Gasteiger partial charge is 0.339 e. The van der Waals surface area contributed by atoms with Crippen molar-refractivity contribution in [2.75, 3.05) is 19.4 Å². The van der Waals surface area contributed by atoms with Crippen LogP contribution in [0, 0.1) is 5.82 Å². The Morgan fingerprint density at radius 2 is 1.78 bits per heavy atom. The summed E-state index contributed by atoms with van der Waals surface area (Å²) < 4.78 is 43.5. The molecule has 0 spiro atoms. The molecule has 0 unspecified atom stereocenters. The second kappa shape index (κ2) is 8.28. The van der Waals surface area contributed by atoms with Crippen LogP contribution in [-0.4, -0.2) is 44.8 Å². The first kappa shape index (κ1) is 20.5. The Labute approximate surface area is 156 Å². The number of sulfonamides is 1. The van der Waals surface area contributed by atoms with Gasteiger partial charge in [-0.25, -0.2) is 21.9 Å². The summed E-state index contributed by atoms with van der Waals surface area (Å²) in [5.74, 6) is -2.10.